The Morgan fingerprint density at radius 1 is 1.11 bits per heavy atom. The summed E-state index contributed by atoms with van der Waals surface area (Å²) >= 11 is 6.42. The number of carbonyl (C=O) groups is 3. The highest BCUT2D eigenvalue weighted by Crippen LogP contribution is 2.62. The van der Waals surface area contributed by atoms with Gasteiger partial charge in [0.15, 0.2) is 11.5 Å². The summed E-state index contributed by atoms with van der Waals surface area (Å²) in [6.07, 6.45) is 5.54. The van der Waals surface area contributed by atoms with Gasteiger partial charge in [-0.3, -0.25) is 4.79 Å². The van der Waals surface area contributed by atoms with Gasteiger partial charge in [0.25, 0.3) is 5.97 Å². The topological polar surface area (TPSA) is 179 Å². The van der Waals surface area contributed by atoms with E-state index < -0.39 is 29.9 Å². The Balaban J connectivity index is 0.000000192. The van der Waals surface area contributed by atoms with Crippen molar-refractivity contribution >= 4 is 29.5 Å². The number of aliphatic hydroxyl groups is 1. The number of benzene rings is 2. The molecule has 1 fully saturated rings. The van der Waals surface area contributed by atoms with Gasteiger partial charge < -0.3 is 49.8 Å². The number of nitrogens with two attached hydrogens (primary N) is 1. The Hall–Kier alpha value is -4.40. The number of hydrogen-bond acceptors (Lipinski definition) is 12. The predicted octanol–water partition coefficient (Wildman–Crippen LogP) is 3.86. The lowest BCUT2D eigenvalue weighted by Crippen LogP contribution is -2.64. The summed E-state index contributed by atoms with van der Waals surface area (Å²) in [4.78, 5) is 36.9. The molecule has 0 unspecified atom stereocenters. The molecule has 5 aliphatic rings. The highest BCUT2D eigenvalue weighted by Gasteiger charge is 2.64. The lowest BCUT2D eigenvalue weighted by Gasteiger charge is -2.56. The molecular formula is C40H50ClN3O10. The van der Waals surface area contributed by atoms with Gasteiger partial charge >= 0.3 is 11.9 Å². The predicted molar refractivity (Wildman–Crippen MR) is 201 cm³/mol. The van der Waals surface area contributed by atoms with Crippen LogP contribution < -0.4 is 20.5 Å². The molecule has 0 saturated carbocycles. The summed E-state index contributed by atoms with van der Waals surface area (Å²) in [6, 6.07) is 11.7. The average molecular weight is 768 g/mol. The Morgan fingerprint density at radius 2 is 1.83 bits per heavy atom. The van der Waals surface area contributed by atoms with E-state index in [0.717, 1.165) is 37.8 Å². The van der Waals surface area contributed by atoms with Crippen molar-refractivity contribution in [2.75, 3.05) is 54.2 Å². The Morgan fingerprint density at radius 3 is 2.48 bits per heavy atom. The van der Waals surface area contributed by atoms with Gasteiger partial charge in [-0.15, -0.1) is 0 Å². The van der Waals surface area contributed by atoms with Crippen molar-refractivity contribution in [1.29, 1.82) is 0 Å². The van der Waals surface area contributed by atoms with E-state index in [1.165, 1.54) is 18.2 Å². The average Bonchev–Trinajstić information content (AvgIpc) is 3.50. The van der Waals surface area contributed by atoms with E-state index in [0.29, 0.717) is 52.7 Å². The molecule has 3 aliphatic heterocycles. The second-order valence-corrected chi connectivity index (χ2v) is 14.1. The number of aliphatic carboxylic acids is 1. The molecule has 2 aliphatic carbocycles. The van der Waals surface area contributed by atoms with Gasteiger partial charge in [-0.25, -0.2) is 9.59 Å². The molecule has 54 heavy (non-hydrogen) atoms. The summed E-state index contributed by atoms with van der Waals surface area (Å²) < 4.78 is 27.6. The van der Waals surface area contributed by atoms with Crippen LogP contribution >= 0.6 is 11.6 Å². The van der Waals surface area contributed by atoms with E-state index in [4.69, 9.17) is 50.9 Å². The number of nitrogens with zero attached hydrogens (tertiary/aromatic N) is 1. The van der Waals surface area contributed by atoms with Crippen LogP contribution in [0.4, 0.5) is 0 Å². The van der Waals surface area contributed by atoms with Crippen LogP contribution in [0.25, 0.3) is 0 Å². The molecule has 2 aromatic carbocycles. The first-order chi connectivity index (χ1) is 25.9. The molecule has 3 heterocycles. The number of dihydropyridines is 1. The third-order valence-corrected chi connectivity index (χ3v) is 11.0. The van der Waals surface area contributed by atoms with Gasteiger partial charge in [0.2, 0.25) is 0 Å². The van der Waals surface area contributed by atoms with E-state index in [1.54, 1.807) is 45.2 Å². The van der Waals surface area contributed by atoms with Crippen LogP contribution in [0.15, 0.2) is 71.1 Å². The number of carboxylic acids is 1. The molecule has 0 amide bonds. The molecule has 1 spiro atoms. The van der Waals surface area contributed by atoms with Crippen molar-refractivity contribution in [2.24, 2.45) is 11.7 Å². The lowest BCUT2D eigenvalue weighted by molar-refractivity contribution is -0.139. The highest BCUT2D eigenvalue weighted by atomic mass is 35.5. The van der Waals surface area contributed by atoms with Crippen LogP contribution in [0.2, 0.25) is 5.02 Å². The first kappa shape index (κ1) is 40.8. The Labute approximate surface area is 320 Å². The number of ether oxygens (including phenoxy) is 5. The maximum absolute atomic E-state index is 12.9. The van der Waals surface area contributed by atoms with E-state index in [2.05, 4.69) is 29.4 Å². The largest absolute Gasteiger partial charge is 0.493 e. The number of piperidine rings is 1. The maximum atomic E-state index is 12.9. The number of likely N-dealkylation sites (N-methyl/N-ethyl adjacent to an activating group) is 1. The van der Waals surface area contributed by atoms with Gasteiger partial charge in [0.05, 0.1) is 56.8 Å². The first-order valence-electron chi connectivity index (χ1n) is 18.0. The number of carboxylic acid groups (broad SMARTS) is 1. The number of aliphatic hydroxyl groups excluding tert-OH is 1. The van der Waals surface area contributed by atoms with Gasteiger partial charge in [-0.2, -0.15) is 0 Å². The molecule has 1 saturated heterocycles. The van der Waals surface area contributed by atoms with Gasteiger partial charge in [-0.05, 0) is 63.5 Å². The fraction of sp³-hybridized carbons (Fsp3) is 0.475. The SMILES string of the molecule is CC(=O)O.CCOC(=O)C1=C(COCCN)NC(C)=C(C(=O)OC)[C@@H]1c1ccccc1Cl.COc1ccc2c3c1O[C@H]1[C@@H](O)C=C[C@H]4[C@@H](C2)N(C)CC[C@@]341. The van der Waals surface area contributed by atoms with Crippen LogP contribution in [-0.2, 0) is 40.4 Å². The molecule has 292 valence electrons. The number of hydrogen-bond donors (Lipinski definition) is 4. The van der Waals surface area contributed by atoms with Gasteiger partial charge in [0, 0.05) is 47.1 Å². The van der Waals surface area contributed by atoms with Crippen LogP contribution in [0.1, 0.15) is 49.8 Å². The molecule has 13 nitrogen and oxygen atoms in total. The third-order valence-electron chi connectivity index (χ3n) is 10.6. The molecule has 5 N–H and O–H groups in total. The molecule has 0 aromatic heterocycles. The van der Waals surface area contributed by atoms with Crippen LogP contribution in [0.3, 0.4) is 0 Å². The summed E-state index contributed by atoms with van der Waals surface area (Å²) in [7, 11) is 5.20. The normalized spacial score (nSPS) is 25.8. The molecule has 2 bridgehead atoms. The van der Waals surface area contributed by atoms with Crippen LogP contribution in [0.5, 0.6) is 11.5 Å². The first-order valence-corrected chi connectivity index (χ1v) is 18.3. The summed E-state index contributed by atoms with van der Waals surface area (Å²) in [5, 5.41) is 21.5. The molecule has 7 rings (SSSR count). The number of carbonyl (C=O) groups excluding carboxylic acids is 2. The number of esters is 2. The highest BCUT2D eigenvalue weighted by molar-refractivity contribution is 6.31. The van der Waals surface area contributed by atoms with Crippen LogP contribution in [0, 0.1) is 5.92 Å². The number of rotatable bonds is 9. The lowest BCUT2D eigenvalue weighted by atomic mass is 9.53. The van der Waals surface area contributed by atoms with Crippen molar-refractivity contribution in [3.05, 3.63) is 92.8 Å². The van der Waals surface area contributed by atoms with E-state index in [1.807, 2.05) is 12.1 Å². The Kier molecular flexibility index (Phi) is 13.1. The summed E-state index contributed by atoms with van der Waals surface area (Å²) in [5.41, 5.74) is 10.3. The summed E-state index contributed by atoms with van der Waals surface area (Å²) in [6.45, 7) is 6.55. The van der Waals surface area contributed by atoms with E-state index >= 15 is 0 Å². The minimum absolute atomic E-state index is 0.0806. The minimum atomic E-state index is -0.833. The molecule has 2 aromatic rings. The van der Waals surface area contributed by atoms with Crippen molar-refractivity contribution in [1.82, 2.24) is 10.2 Å². The number of methoxy groups -OCH3 is 2. The molecular weight excluding hydrogens is 718 g/mol. The van der Waals surface area contributed by atoms with Gasteiger partial charge in [-0.1, -0.05) is 48.0 Å². The maximum Gasteiger partial charge on any atom is 0.336 e. The molecule has 0 radical (unpaired) electrons. The van der Waals surface area contributed by atoms with E-state index in [-0.39, 0.29) is 30.3 Å². The number of halogens is 1. The monoisotopic (exact) mass is 767 g/mol. The standard InChI is InChI=1S/C20H25ClN2O5.C18H21NO3.C2H4O2/c1-4-28-20(25)18-15(11-27-10-9-22)23-12(2)16(19(24)26-3)17(18)13-7-5-6-8-14(13)21;1-19-8-7-18-11-4-5-13(20)17(18)22-16-14(21-2)6-3-10(15(16)18)9-12(11)19;1-2(3)4/h5-8,17,23H,4,9-11,22H2,1-3H3;3-6,11-13,17,20H,7-9H2,1-2H3;1H3,(H,3,4)/t17-;11-,12+,13-,17-,18-;/m00./s1. The van der Waals surface area contributed by atoms with Crippen molar-refractivity contribution in [3.8, 4) is 11.5 Å². The fourth-order valence-corrected chi connectivity index (χ4v) is 8.75. The van der Waals surface area contributed by atoms with Crippen molar-refractivity contribution < 1.29 is 48.3 Å². The fourth-order valence-electron chi connectivity index (χ4n) is 8.51. The Bertz CT molecular complexity index is 1840. The van der Waals surface area contributed by atoms with Gasteiger partial charge in [0.1, 0.15) is 12.2 Å². The molecule has 6 atom stereocenters. The quantitative estimate of drug-likeness (QED) is 0.164. The zero-order chi connectivity index (χ0) is 39.3. The number of likely N-dealkylation sites (tertiary alicyclic amines) is 1. The second kappa shape index (κ2) is 17.4. The second-order valence-electron chi connectivity index (χ2n) is 13.7. The number of nitrogens with one attached hydrogen (secondary N) is 1. The zero-order valence-corrected chi connectivity index (χ0v) is 32.3. The summed E-state index contributed by atoms with van der Waals surface area (Å²) in [5.74, 6) is -0.608. The third kappa shape index (κ3) is 7.60. The number of allylic oxidation sites excluding steroid dienone is 1. The van der Waals surface area contributed by atoms with Crippen molar-refractivity contribution in [2.45, 2.75) is 63.2 Å². The minimum Gasteiger partial charge on any atom is -0.493 e. The van der Waals surface area contributed by atoms with E-state index in [9.17, 15) is 14.7 Å². The van der Waals surface area contributed by atoms with Crippen LogP contribution in [-0.4, -0.2) is 105 Å². The van der Waals surface area contributed by atoms with Crippen molar-refractivity contribution in [3.63, 3.8) is 0 Å². The smallest absolute Gasteiger partial charge is 0.336 e. The zero-order valence-electron chi connectivity index (χ0n) is 31.5. The molecule has 14 heteroatoms.